The molecule has 2 aliphatic rings. The second kappa shape index (κ2) is 9.09. The highest BCUT2D eigenvalue weighted by Crippen LogP contribution is 2.40. The highest BCUT2D eigenvalue weighted by Gasteiger charge is 2.28. The molecular weight excluding hydrogens is 430 g/mol. The number of amidine groups is 1. The molecule has 0 unspecified atom stereocenters. The SMILES string of the molecule is COc1cccc(C(=O)N2CCN(C3=Nc4ccc(C)cc4Oc4ccc(OC)cc43)CC2)c1. The molecule has 7 heteroatoms. The Morgan fingerprint density at radius 3 is 2.41 bits per heavy atom. The first kappa shape index (κ1) is 21.8. The molecule has 0 aromatic heterocycles. The number of carbonyl (C=O) groups excluding carboxylic acids is 1. The van der Waals surface area contributed by atoms with E-state index in [9.17, 15) is 4.79 Å². The second-order valence-electron chi connectivity index (χ2n) is 8.38. The van der Waals surface area contributed by atoms with Crippen molar-refractivity contribution in [3.63, 3.8) is 0 Å². The number of rotatable bonds is 3. The third-order valence-electron chi connectivity index (χ3n) is 6.17. The highest BCUT2D eigenvalue weighted by molar-refractivity contribution is 6.04. The molecule has 1 fully saturated rings. The third-order valence-corrected chi connectivity index (χ3v) is 6.17. The number of hydrogen-bond donors (Lipinski definition) is 0. The minimum atomic E-state index is 0.00702. The van der Waals surface area contributed by atoms with E-state index in [2.05, 4.69) is 4.90 Å². The maximum atomic E-state index is 13.1. The normalized spacial score (nSPS) is 14.9. The second-order valence-corrected chi connectivity index (χ2v) is 8.38. The molecule has 1 saturated heterocycles. The Morgan fingerprint density at radius 2 is 1.65 bits per heavy atom. The standard InChI is InChI=1S/C27H27N3O4/c1-18-7-9-23-25(15-18)34-24-10-8-21(33-3)17-22(24)26(28-23)29-11-13-30(14-12-29)27(31)19-5-4-6-20(16-19)32-2/h4-10,15-17H,11-14H2,1-3H3. The molecular formula is C27H27N3O4. The fourth-order valence-electron chi connectivity index (χ4n) is 4.29. The smallest absolute Gasteiger partial charge is 0.254 e. The van der Waals surface area contributed by atoms with Crippen molar-refractivity contribution in [2.75, 3.05) is 40.4 Å². The zero-order valence-corrected chi connectivity index (χ0v) is 19.6. The van der Waals surface area contributed by atoms with Crippen molar-refractivity contribution >= 4 is 17.4 Å². The van der Waals surface area contributed by atoms with Crippen LogP contribution in [-0.2, 0) is 0 Å². The number of amides is 1. The molecule has 0 aliphatic carbocycles. The van der Waals surface area contributed by atoms with E-state index in [1.165, 1.54) is 0 Å². The number of aliphatic imine (C=N–C) groups is 1. The first-order valence-corrected chi connectivity index (χ1v) is 11.3. The molecule has 3 aromatic rings. The van der Waals surface area contributed by atoms with Crippen molar-refractivity contribution in [1.82, 2.24) is 9.80 Å². The van der Waals surface area contributed by atoms with Crippen LogP contribution in [0.25, 0.3) is 0 Å². The molecule has 7 nitrogen and oxygen atoms in total. The van der Waals surface area contributed by atoms with Gasteiger partial charge in [-0.15, -0.1) is 0 Å². The minimum absolute atomic E-state index is 0.00702. The lowest BCUT2D eigenvalue weighted by Crippen LogP contribution is -2.50. The Labute approximate surface area is 199 Å². The molecule has 34 heavy (non-hydrogen) atoms. The Kier molecular flexibility index (Phi) is 5.84. The fraction of sp³-hybridized carbons (Fsp3) is 0.259. The Bertz CT molecular complexity index is 1260. The number of carbonyl (C=O) groups is 1. The zero-order chi connectivity index (χ0) is 23.7. The number of hydrogen-bond acceptors (Lipinski definition) is 6. The van der Waals surface area contributed by atoms with E-state index in [-0.39, 0.29) is 5.91 Å². The molecule has 0 radical (unpaired) electrons. The molecule has 0 N–H and O–H groups in total. The quantitative estimate of drug-likeness (QED) is 0.573. The molecule has 1 amide bonds. The largest absolute Gasteiger partial charge is 0.497 e. The van der Waals surface area contributed by atoms with Crippen LogP contribution in [-0.4, -0.2) is 61.9 Å². The first-order chi connectivity index (χ1) is 16.6. The van der Waals surface area contributed by atoms with Gasteiger partial charge in [-0.05, 0) is 61.0 Å². The summed E-state index contributed by atoms with van der Waals surface area (Å²) in [5.74, 6) is 3.71. The van der Waals surface area contributed by atoms with E-state index in [4.69, 9.17) is 19.2 Å². The van der Waals surface area contributed by atoms with Crippen LogP contribution in [0, 0.1) is 6.92 Å². The van der Waals surface area contributed by atoms with E-state index in [0.717, 1.165) is 39.9 Å². The fourth-order valence-corrected chi connectivity index (χ4v) is 4.29. The van der Waals surface area contributed by atoms with Gasteiger partial charge >= 0.3 is 0 Å². The minimum Gasteiger partial charge on any atom is -0.497 e. The van der Waals surface area contributed by atoms with E-state index >= 15 is 0 Å². The Morgan fingerprint density at radius 1 is 0.882 bits per heavy atom. The molecule has 2 heterocycles. The summed E-state index contributed by atoms with van der Waals surface area (Å²) in [6.07, 6.45) is 0. The van der Waals surface area contributed by atoms with Gasteiger partial charge in [0.2, 0.25) is 0 Å². The maximum absolute atomic E-state index is 13.1. The molecule has 3 aromatic carbocycles. The molecule has 0 atom stereocenters. The zero-order valence-electron chi connectivity index (χ0n) is 19.6. The lowest BCUT2D eigenvalue weighted by molar-refractivity contribution is 0.0692. The number of ether oxygens (including phenoxy) is 3. The molecule has 2 aliphatic heterocycles. The van der Waals surface area contributed by atoms with Gasteiger partial charge in [0.25, 0.3) is 5.91 Å². The maximum Gasteiger partial charge on any atom is 0.254 e. The average molecular weight is 458 g/mol. The van der Waals surface area contributed by atoms with Crippen LogP contribution in [0.1, 0.15) is 21.5 Å². The van der Waals surface area contributed by atoms with Crippen molar-refractivity contribution in [1.29, 1.82) is 0 Å². The summed E-state index contributed by atoms with van der Waals surface area (Å²) in [6.45, 7) is 4.54. The van der Waals surface area contributed by atoms with Crippen molar-refractivity contribution in [2.24, 2.45) is 4.99 Å². The summed E-state index contributed by atoms with van der Waals surface area (Å²) in [5.41, 5.74) is 3.40. The summed E-state index contributed by atoms with van der Waals surface area (Å²) < 4.78 is 17.0. The van der Waals surface area contributed by atoms with E-state index < -0.39 is 0 Å². The van der Waals surface area contributed by atoms with Crippen LogP contribution in [0.2, 0.25) is 0 Å². The summed E-state index contributed by atoms with van der Waals surface area (Å²) >= 11 is 0. The summed E-state index contributed by atoms with van der Waals surface area (Å²) in [7, 11) is 3.25. The molecule has 5 rings (SSSR count). The molecule has 0 saturated carbocycles. The molecule has 174 valence electrons. The van der Waals surface area contributed by atoms with E-state index in [1.807, 2.05) is 66.4 Å². The van der Waals surface area contributed by atoms with Gasteiger partial charge in [0.05, 0.1) is 19.8 Å². The average Bonchev–Trinajstić information content (AvgIpc) is 3.04. The van der Waals surface area contributed by atoms with Crippen molar-refractivity contribution in [3.8, 4) is 23.0 Å². The first-order valence-electron chi connectivity index (χ1n) is 11.3. The number of benzene rings is 3. The lowest BCUT2D eigenvalue weighted by Gasteiger charge is -2.36. The number of aryl methyl sites for hydroxylation is 1. The van der Waals surface area contributed by atoms with Crippen molar-refractivity contribution in [3.05, 3.63) is 77.4 Å². The third kappa shape index (κ3) is 4.17. The van der Waals surface area contributed by atoms with E-state index in [0.29, 0.717) is 37.5 Å². The number of fused-ring (bicyclic) bond motifs is 2. The Balaban J connectivity index is 1.43. The van der Waals surface area contributed by atoms with Crippen LogP contribution in [0.3, 0.4) is 0 Å². The monoisotopic (exact) mass is 457 g/mol. The van der Waals surface area contributed by atoms with Crippen LogP contribution < -0.4 is 14.2 Å². The van der Waals surface area contributed by atoms with Gasteiger partial charge < -0.3 is 24.0 Å². The molecule has 0 bridgehead atoms. The summed E-state index contributed by atoms with van der Waals surface area (Å²) in [6, 6.07) is 19.1. The van der Waals surface area contributed by atoms with Crippen molar-refractivity contribution < 1.29 is 19.0 Å². The van der Waals surface area contributed by atoms with Gasteiger partial charge in [0.15, 0.2) is 5.75 Å². The highest BCUT2D eigenvalue weighted by atomic mass is 16.5. The van der Waals surface area contributed by atoms with Crippen LogP contribution in [0.4, 0.5) is 5.69 Å². The number of nitrogens with zero attached hydrogens (tertiary/aromatic N) is 3. The summed E-state index contributed by atoms with van der Waals surface area (Å²) in [4.78, 5) is 22.2. The summed E-state index contributed by atoms with van der Waals surface area (Å²) in [5, 5.41) is 0. The van der Waals surface area contributed by atoms with Gasteiger partial charge in [0, 0.05) is 31.7 Å². The molecule has 0 spiro atoms. The van der Waals surface area contributed by atoms with Gasteiger partial charge in [0.1, 0.15) is 28.8 Å². The van der Waals surface area contributed by atoms with Gasteiger partial charge in [-0.25, -0.2) is 4.99 Å². The van der Waals surface area contributed by atoms with Crippen LogP contribution in [0.15, 0.2) is 65.7 Å². The van der Waals surface area contributed by atoms with Gasteiger partial charge in [-0.2, -0.15) is 0 Å². The lowest BCUT2D eigenvalue weighted by atomic mass is 10.1. The predicted molar refractivity (Wildman–Crippen MR) is 131 cm³/mol. The van der Waals surface area contributed by atoms with Crippen molar-refractivity contribution in [2.45, 2.75) is 6.92 Å². The Hall–Kier alpha value is -4.00. The predicted octanol–water partition coefficient (Wildman–Crippen LogP) is 4.65. The number of piperazine rings is 1. The topological polar surface area (TPSA) is 63.6 Å². The number of methoxy groups -OCH3 is 2. The van der Waals surface area contributed by atoms with Gasteiger partial charge in [-0.1, -0.05) is 12.1 Å². The van der Waals surface area contributed by atoms with E-state index in [1.54, 1.807) is 20.3 Å². The van der Waals surface area contributed by atoms with Crippen LogP contribution in [0.5, 0.6) is 23.0 Å². The van der Waals surface area contributed by atoms with Crippen LogP contribution >= 0.6 is 0 Å². The van der Waals surface area contributed by atoms with Gasteiger partial charge in [-0.3, -0.25) is 4.79 Å².